The molecule has 3 amide bonds. The van der Waals surface area contributed by atoms with Crippen molar-refractivity contribution < 1.29 is 72.1 Å². The van der Waals surface area contributed by atoms with Gasteiger partial charge in [-0.3, -0.25) is 34.1 Å². The summed E-state index contributed by atoms with van der Waals surface area (Å²) in [5, 5.41) is 25.2. The van der Waals surface area contributed by atoms with Gasteiger partial charge in [-0.05, 0) is 172 Å². The molecule has 12 aliphatic rings. The summed E-state index contributed by atoms with van der Waals surface area (Å²) in [6.07, 6.45) is 8.66. The molecule has 0 saturated carbocycles. The first kappa shape index (κ1) is 71.5. The summed E-state index contributed by atoms with van der Waals surface area (Å²) in [6, 6.07) is 56.0. The van der Waals surface area contributed by atoms with E-state index >= 15 is 0 Å². The topological polar surface area (TPSA) is 193 Å². The molecule has 18 rings (SSSR count). The van der Waals surface area contributed by atoms with Gasteiger partial charge in [0.05, 0.1) is 43.7 Å². The number of nitrogens with zero attached hydrogens (tertiary/aromatic N) is 6. The summed E-state index contributed by atoms with van der Waals surface area (Å²) in [5.74, 6) is -0.452. The van der Waals surface area contributed by atoms with Crippen LogP contribution in [0.15, 0.2) is 164 Å². The van der Waals surface area contributed by atoms with Crippen LogP contribution in [-0.4, -0.2) is 178 Å². The third kappa shape index (κ3) is 18.0. The van der Waals surface area contributed by atoms with Crippen molar-refractivity contribution in [2.75, 3.05) is 85.1 Å². The van der Waals surface area contributed by atoms with Gasteiger partial charge in [0, 0.05) is 57.8 Å². The van der Waals surface area contributed by atoms with Crippen LogP contribution in [0.2, 0.25) is 0 Å². The van der Waals surface area contributed by atoms with E-state index in [-0.39, 0.29) is 110 Å². The van der Waals surface area contributed by atoms with Crippen molar-refractivity contribution in [2.24, 2.45) is 17.8 Å². The number of carboxylic acids is 2. The summed E-state index contributed by atoms with van der Waals surface area (Å²) in [7, 11) is 0. The second-order valence-electron chi connectivity index (χ2n) is 25.7. The first-order chi connectivity index (χ1) is 44.9. The predicted octanol–water partition coefficient (Wildman–Crippen LogP) is 12.1. The van der Waals surface area contributed by atoms with Gasteiger partial charge in [0.15, 0.2) is 0 Å². The maximum Gasteiger partial charge on any atom is 0.410 e. The number of amides is 3. The number of hydrogen-bond acceptors (Lipinski definition) is 12. The standard InChI is InChI=1S/2C23H26N2O2.C18H19NO2.C7H13NO.C4H6O4.HI.V/c2*26-23(27-21-16-24-13-10-18(21)11-14-24)25-15-12-17-6-4-5-9-20(17)22(25)19-7-2-1-3-8-19;1-2-21-18(20)19-13-12-14-8-6-7-11-16(14)17(19)15-9-4-3-5-10-15;9-7-5-8-3-1-6(7)2-4-8;5-3(6)1-2-4(7)8;;/h2*1-9,18,21-22H,10-16H2;3-11,17H,2,12-13H2,1H3;6-7,9H,1-5H2;1-2H2,(H,5,6)(H,7,8);1H;/t21-,22?;21-,22-;;7-;;;/m00.0.../s1. The number of hydrogen-bond donors (Lipinski definition) is 3. The molecular formula is C75H91IN6O11V. The SMILES string of the molecule is CCOC(=O)N1CCc2ccccc2C1c1ccccc1.I.O=C(O)CCC(=O)O.O=C(O[C@H]1CN2CCC1CC2)N1CCc2ccccc2C1c1ccccc1.O=C(O[C@H]1CN2CCC1CC2)N1CCc2ccccc2[C@@H]1c1ccccc1.O[C@H]1CN2CCC1CC2.[V]. The number of fused-ring (bicyclic) bond motifs is 12. The average molecular weight is 1430 g/mol. The molecule has 1 radical (unpaired) electrons. The van der Waals surface area contributed by atoms with Crippen molar-refractivity contribution in [3.05, 3.63) is 214 Å². The van der Waals surface area contributed by atoms with Crippen LogP contribution in [0, 0.1) is 17.8 Å². The van der Waals surface area contributed by atoms with Gasteiger partial charge in [-0.25, -0.2) is 14.4 Å². The smallest absolute Gasteiger partial charge is 0.410 e. The molecule has 2 unspecified atom stereocenters. The van der Waals surface area contributed by atoms with E-state index in [0.717, 1.165) is 107 Å². The molecule has 12 heterocycles. The molecule has 17 nitrogen and oxygen atoms in total. The Morgan fingerprint density at radius 1 is 0.404 bits per heavy atom. The monoisotopic (exact) mass is 1430 g/mol. The Balaban J connectivity index is 0.000000147. The predicted molar refractivity (Wildman–Crippen MR) is 366 cm³/mol. The van der Waals surface area contributed by atoms with Crippen LogP contribution >= 0.6 is 24.0 Å². The van der Waals surface area contributed by atoms with E-state index in [1.54, 1.807) is 0 Å². The number of carboxylic acid groups (broad SMARTS) is 2. The number of piperidine rings is 9. The molecule has 0 aromatic heterocycles. The third-order valence-electron chi connectivity index (χ3n) is 20.0. The second-order valence-corrected chi connectivity index (χ2v) is 25.7. The fraction of sp³-hybridized carbons (Fsp3) is 0.453. The normalized spacial score (nSPS) is 26.1. The van der Waals surface area contributed by atoms with Gasteiger partial charge in [0.2, 0.25) is 0 Å². The minimum absolute atomic E-state index is 0. The van der Waals surface area contributed by atoms with Gasteiger partial charge < -0.3 is 34.4 Å². The Morgan fingerprint density at radius 3 is 0.968 bits per heavy atom. The van der Waals surface area contributed by atoms with Crippen LogP contribution in [0.25, 0.3) is 0 Å². The molecule has 19 heteroatoms. The summed E-state index contributed by atoms with van der Waals surface area (Å²) in [4.78, 5) is 70.9. The van der Waals surface area contributed by atoms with Crippen LogP contribution < -0.4 is 0 Å². The van der Waals surface area contributed by atoms with Crippen molar-refractivity contribution in [2.45, 2.75) is 114 Å². The fourth-order valence-corrected chi connectivity index (χ4v) is 15.1. The number of aliphatic hydroxyl groups is 1. The van der Waals surface area contributed by atoms with Gasteiger partial charge in [-0.1, -0.05) is 164 Å². The molecule has 94 heavy (non-hydrogen) atoms. The van der Waals surface area contributed by atoms with E-state index in [1.165, 1.54) is 59.3 Å². The number of benzene rings is 6. The number of aliphatic carboxylic acids is 2. The molecule has 9 saturated heterocycles. The Labute approximate surface area is 582 Å². The van der Waals surface area contributed by atoms with E-state index in [1.807, 2.05) is 82.3 Å². The first-order valence-electron chi connectivity index (χ1n) is 33.4. The van der Waals surface area contributed by atoms with E-state index in [4.69, 9.17) is 24.4 Å². The van der Waals surface area contributed by atoms with Crippen LogP contribution in [0.5, 0.6) is 0 Å². The van der Waals surface area contributed by atoms with Crippen molar-refractivity contribution in [1.29, 1.82) is 0 Å². The number of ether oxygens (including phenoxy) is 3. The van der Waals surface area contributed by atoms with Crippen molar-refractivity contribution >= 4 is 54.2 Å². The number of aliphatic hydroxyl groups excluding tert-OH is 1. The van der Waals surface area contributed by atoms with Crippen LogP contribution in [-0.2, 0) is 61.6 Å². The molecule has 0 aliphatic carbocycles. The van der Waals surface area contributed by atoms with E-state index in [0.29, 0.717) is 44.0 Å². The van der Waals surface area contributed by atoms with Crippen molar-refractivity contribution in [3.8, 4) is 0 Å². The molecule has 3 N–H and O–H groups in total. The Morgan fingerprint density at radius 2 is 0.702 bits per heavy atom. The average Bonchev–Trinajstić information content (AvgIpc) is 0.801. The summed E-state index contributed by atoms with van der Waals surface area (Å²) in [6.45, 7) is 14.1. The number of carbonyl (C=O) groups is 5. The number of halogens is 1. The zero-order valence-electron chi connectivity index (χ0n) is 53.9. The van der Waals surface area contributed by atoms with Gasteiger partial charge in [-0.15, -0.1) is 24.0 Å². The molecule has 0 spiro atoms. The van der Waals surface area contributed by atoms with Gasteiger partial charge >= 0.3 is 30.2 Å². The van der Waals surface area contributed by atoms with Crippen molar-refractivity contribution in [1.82, 2.24) is 29.4 Å². The summed E-state index contributed by atoms with van der Waals surface area (Å²) in [5.41, 5.74) is 11.0. The van der Waals surface area contributed by atoms with Crippen LogP contribution in [0.3, 0.4) is 0 Å². The van der Waals surface area contributed by atoms with Gasteiger partial charge in [0.25, 0.3) is 0 Å². The van der Waals surface area contributed by atoms with E-state index < -0.39 is 11.9 Å². The number of rotatable bonds is 9. The van der Waals surface area contributed by atoms with Gasteiger partial charge in [-0.2, -0.15) is 0 Å². The first-order valence-corrected chi connectivity index (χ1v) is 33.4. The maximum absolute atomic E-state index is 13.2. The number of carbonyl (C=O) groups excluding carboxylic acids is 3. The maximum atomic E-state index is 13.2. The largest absolute Gasteiger partial charge is 0.481 e. The fourth-order valence-electron chi connectivity index (χ4n) is 15.1. The minimum atomic E-state index is -1.08. The zero-order chi connectivity index (χ0) is 63.9. The molecule has 6 aromatic rings. The Bertz CT molecular complexity index is 3250. The minimum Gasteiger partial charge on any atom is -0.481 e. The quantitative estimate of drug-likeness (QED) is 0.0914. The molecule has 6 aromatic carbocycles. The third-order valence-corrected chi connectivity index (χ3v) is 20.0. The van der Waals surface area contributed by atoms with Crippen molar-refractivity contribution in [3.63, 3.8) is 0 Å². The molecule has 499 valence electrons. The zero-order valence-corrected chi connectivity index (χ0v) is 57.6. The molecule has 6 bridgehead atoms. The van der Waals surface area contributed by atoms with Gasteiger partial charge in [0.1, 0.15) is 12.2 Å². The Kier molecular flexibility index (Phi) is 26.4. The van der Waals surface area contributed by atoms with Crippen LogP contribution in [0.1, 0.15) is 126 Å². The summed E-state index contributed by atoms with van der Waals surface area (Å²) < 4.78 is 17.4. The second kappa shape index (κ2) is 34.8. The van der Waals surface area contributed by atoms with Crippen LogP contribution in [0.4, 0.5) is 14.4 Å². The van der Waals surface area contributed by atoms with E-state index in [2.05, 4.69) is 118 Å². The molecular weight excluding hydrogens is 1340 g/mol. The van der Waals surface area contributed by atoms with E-state index in [9.17, 15) is 29.1 Å². The summed E-state index contributed by atoms with van der Waals surface area (Å²) >= 11 is 0. The molecule has 6 atom stereocenters. The molecule has 9 fully saturated rings. The Hall–Kier alpha value is -6.78. The molecule has 12 aliphatic heterocycles.